The van der Waals surface area contributed by atoms with Crippen molar-refractivity contribution in [2.45, 2.75) is 11.8 Å². The molecule has 0 atom stereocenters. The first-order valence-electron chi connectivity index (χ1n) is 10.1. The van der Waals surface area contributed by atoms with Crippen LogP contribution in [0.5, 0.6) is 11.5 Å². The molecule has 0 bridgehead atoms. The molecule has 0 spiro atoms. The molecule has 0 radical (unpaired) electrons. The van der Waals surface area contributed by atoms with Crippen molar-refractivity contribution in [3.63, 3.8) is 0 Å². The number of carbonyl (C=O) groups is 1. The average Bonchev–Trinajstić information content (AvgIpc) is 2.86. The zero-order chi connectivity index (χ0) is 24.7. The van der Waals surface area contributed by atoms with Crippen molar-refractivity contribution in [2.75, 3.05) is 25.1 Å². The number of halogens is 1. The number of nitrogens with one attached hydrogen (secondary N) is 1. The van der Waals surface area contributed by atoms with Crippen molar-refractivity contribution in [1.82, 2.24) is 5.43 Å². The summed E-state index contributed by atoms with van der Waals surface area (Å²) in [5.74, 6) is 0.0305. The zero-order valence-corrected chi connectivity index (χ0v) is 20.4. The molecule has 0 fully saturated rings. The Morgan fingerprint density at radius 1 is 0.971 bits per heavy atom. The van der Waals surface area contributed by atoms with E-state index in [1.165, 1.54) is 32.4 Å². The number of anilines is 1. The van der Waals surface area contributed by atoms with E-state index in [1.54, 1.807) is 61.5 Å². The van der Waals surface area contributed by atoms with Gasteiger partial charge in [0, 0.05) is 11.1 Å². The van der Waals surface area contributed by atoms with Crippen LogP contribution in [0.25, 0.3) is 0 Å². The summed E-state index contributed by atoms with van der Waals surface area (Å²) in [7, 11) is -1.26. The number of hydrogen-bond acceptors (Lipinski definition) is 6. The molecule has 1 N–H and O–H groups in total. The molecule has 0 aromatic heterocycles. The van der Waals surface area contributed by atoms with Gasteiger partial charge in [-0.1, -0.05) is 41.9 Å². The summed E-state index contributed by atoms with van der Waals surface area (Å²) in [6.45, 7) is 1.23. The van der Waals surface area contributed by atoms with Gasteiger partial charge in [0.25, 0.3) is 15.9 Å². The third-order valence-electron chi connectivity index (χ3n) is 4.88. The lowest BCUT2D eigenvalue weighted by atomic mass is 10.1. The van der Waals surface area contributed by atoms with Crippen molar-refractivity contribution in [1.29, 1.82) is 0 Å². The number of hydrogen-bond donors (Lipinski definition) is 1. The normalized spacial score (nSPS) is 11.6. The predicted octanol–water partition coefficient (Wildman–Crippen LogP) is 4.09. The molecule has 0 aliphatic rings. The Morgan fingerprint density at radius 3 is 2.24 bits per heavy atom. The van der Waals surface area contributed by atoms with E-state index in [1.807, 2.05) is 0 Å². The Hall–Kier alpha value is -3.56. The van der Waals surface area contributed by atoms with E-state index in [4.69, 9.17) is 21.1 Å². The van der Waals surface area contributed by atoms with Gasteiger partial charge in [0.1, 0.15) is 6.54 Å². The van der Waals surface area contributed by atoms with Crippen LogP contribution in [0.15, 0.2) is 82.8 Å². The van der Waals surface area contributed by atoms with E-state index >= 15 is 0 Å². The highest BCUT2D eigenvalue weighted by molar-refractivity contribution is 7.92. The van der Waals surface area contributed by atoms with E-state index < -0.39 is 22.5 Å². The Kier molecular flexibility index (Phi) is 8.14. The number of benzene rings is 3. The van der Waals surface area contributed by atoms with Crippen molar-refractivity contribution in [3.05, 3.63) is 83.4 Å². The number of sulfonamides is 1. The van der Waals surface area contributed by atoms with Gasteiger partial charge < -0.3 is 9.47 Å². The largest absolute Gasteiger partial charge is 0.493 e. The summed E-state index contributed by atoms with van der Waals surface area (Å²) in [6, 6.07) is 19.5. The minimum Gasteiger partial charge on any atom is -0.493 e. The van der Waals surface area contributed by atoms with E-state index in [2.05, 4.69) is 10.5 Å². The molecule has 178 valence electrons. The fourth-order valence-corrected chi connectivity index (χ4v) is 4.64. The predicted molar refractivity (Wildman–Crippen MR) is 132 cm³/mol. The molecule has 3 aromatic carbocycles. The molecule has 3 aromatic rings. The number of hydrazone groups is 1. The van der Waals surface area contributed by atoms with E-state index in [0.717, 1.165) is 9.87 Å². The number of nitrogens with zero attached hydrogens (tertiary/aromatic N) is 2. The second-order valence-electron chi connectivity index (χ2n) is 7.10. The third kappa shape index (κ3) is 5.86. The molecule has 0 heterocycles. The zero-order valence-electron chi connectivity index (χ0n) is 18.9. The Bertz CT molecular complexity index is 1280. The van der Waals surface area contributed by atoms with Gasteiger partial charge in [-0.25, -0.2) is 13.8 Å². The monoisotopic (exact) mass is 501 g/mol. The SMILES string of the molecule is COc1ccc(S(=O)(=O)N(CC(=O)N/N=C(/C)c2ccc(Cl)cc2)c2ccccc2)cc1OC. The van der Waals surface area contributed by atoms with Crippen molar-refractivity contribution in [2.24, 2.45) is 5.10 Å². The van der Waals surface area contributed by atoms with Crippen LogP contribution in [-0.4, -0.2) is 40.8 Å². The highest BCUT2D eigenvalue weighted by Crippen LogP contribution is 2.32. The second kappa shape index (κ2) is 11.0. The molecule has 0 unspecified atom stereocenters. The molecule has 0 saturated heterocycles. The van der Waals surface area contributed by atoms with Gasteiger partial charge in [0.05, 0.1) is 30.5 Å². The molecule has 10 heteroatoms. The molecule has 0 saturated carbocycles. The fraction of sp³-hybridized carbons (Fsp3) is 0.167. The number of amides is 1. The number of ether oxygens (including phenoxy) is 2. The van der Waals surface area contributed by atoms with E-state index in [-0.39, 0.29) is 10.6 Å². The molecular formula is C24H24ClN3O5S. The second-order valence-corrected chi connectivity index (χ2v) is 9.40. The maximum absolute atomic E-state index is 13.5. The number of carbonyl (C=O) groups excluding carboxylic acids is 1. The lowest BCUT2D eigenvalue weighted by Gasteiger charge is -2.24. The standard InChI is InChI=1S/C24H24ClN3O5S/c1-17(18-9-11-19(25)12-10-18)26-27-24(29)16-28(20-7-5-4-6-8-20)34(30,31)21-13-14-22(32-2)23(15-21)33-3/h4-15H,16H2,1-3H3,(H,27,29)/b26-17-. The smallest absolute Gasteiger partial charge is 0.264 e. The number of rotatable bonds is 9. The summed E-state index contributed by atoms with van der Waals surface area (Å²) in [6.07, 6.45) is 0. The van der Waals surface area contributed by atoms with Gasteiger partial charge >= 0.3 is 0 Å². The van der Waals surface area contributed by atoms with Crippen molar-refractivity contribution < 1.29 is 22.7 Å². The lowest BCUT2D eigenvalue weighted by molar-refractivity contribution is -0.119. The Labute approximate surface area is 203 Å². The quantitative estimate of drug-likeness (QED) is 0.352. The summed E-state index contributed by atoms with van der Waals surface area (Å²) >= 11 is 5.90. The maximum Gasteiger partial charge on any atom is 0.264 e. The number of para-hydroxylation sites is 1. The van der Waals surface area contributed by atoms with Crippen LogP contribution in [0.1, 0.15) is 12.5 Å². The summed E-state index contributed by atoms with van der Waals surface area (Å²) in [4.78, 5) is 12.7. The van der Waals surface area contributed by atoms with Crippen LogP contribution in [-0.2, 0) is 14.8 Å². The van der Waals surface area contributed by atoms with Gasteiger partial charge in [-0.3, -0.25) is 9.10 Å². The van der Waals surface area contributed by atoms with E-state index in [9.17, 15) is 13.2 Å². The van der Waals surface area contributed by atoms with Crippen LogP contribution in [0.3, 0.4) is 0 Å². The molecule has 8 nitrogen and oxygen atoms in total. The highest BCUT2D eigenvalue weighted by Gasteiger charge is 2.28. The first kappa shape index (κ1) is 25.1. The van der Waals surface area contributed by atoms with Gasteiger partial charge in [-0.2, -0.15) is 5.10 Å². The van der Waals surface area contributed by atoms with Gasteiger partial charge in [0.15, 0.2) is 11.5 Å². The molecule has 1 amide bonds. The minimum atomic E-state index is -4.13. The van der Waals surface area contributed by atoms with Crippen LogP contribution in [0.4, 0.5) is 5.69 Å². The summed E-state index contributed by atoms with van der Waals surface area (Å²) < 4.78 is 38.5. The highest BCUT2D eigenvalue weighted by atomic mass is 35.5. The summed E-state index contributed by atoms with van der Waals surface area (Å²) in [5, 5.41) is 4.67. The van der Waals surface area contributed by atoms with Gasteiger partial charge in [0.2, 0.25) is 0 Å². The van der Waals surface area contributed by atoms with Crippen LogP contribution in [0.2, 0.25) is 5.02 Å². The van der Waals surface area contributed by atoms with Crippen LogP contribution in [0, 0.1) is 0 Å². The van der Waals surface area contributed by atoms with Crippen LogP contribution < -0.4 is 19.2 Å². The fourth-order valence-electron chi connectivity index (χ4n) is 3.08. The average molecular weight is 502 g/mol. The van der Waals surface area contributed by atoms with Gasteiger partial charge in [-0.05, 0) is 48.9 Å². The molecule has 34 heavy (non-hydrogen) atoms. The lowest BCUT2D eigenvalue weighted by Crippen LogP contribution is -2.39. The van der Waals surface area contributed by atoms with Crippen molar-refractivity contribution in [3.8, 4) is 11.5 Å². The van der Waals surface area contributed by atoms with Gasteiger partial charge in [-0.15, -0.1) is 0 Å². The molecule has 0 aliphatic heterocycles. The Balaban J connectivity index is 1.89. The molecule has 3 rings (SSSR count). The third-order valence-corrected chi connectivity index (χ3v) is 6.91. The minimum absolute atomic E-state index is 0.0531. The molecule has 0 aliphatic carbocycles. The van der Waals surface area contributed by atoms with Crippen LogP contribution >= 0.6 is 11.6 Å². The molecular weight excluding hydrogens is 478 g/mol. The Morgan fingerprint density at radius 2 is 1.62 bits per heavy atom. The summed E-state index contributed by atoms with van der Waals surface area (Å²) in [5.41, 5.74) is 4.06. The first-order valence-corrected chi connectivity index (χ1v) is 12.0. The van der Waals surface area contributed by atoms with Crippen molar-refractivity contribution >= 4 is 38.9 Å². The topological polar surface area (TPSA) is 97.3 Å². The maximum atomic E-state index is 13.5. The first-order chi connectivity index (χ1) is 16.3. The number of methoxy groups -OCH3 is 2. The van der Waals surface area contributed by atoms with E-state index in [0.29, 0.717) is 22.2 Å².